The smallest absolute Gasteiger partial charge is 0.433 e. The van der Waals surface area contributed by atoms with Gasteiger partial charge in [0.05, 0.1) is 29.0 Å². The summed E-state index contributed by atoms with van der Waals surface area (Å²) in [5.41, 5.74) is 0.352. The predicted octanol–water partition coefficient (Wildman–Crippen LogP) is 5.68. The summed E-state index contributed by atoms with van der Waals surface area (Å²) >= 11 is 3.41. The summed E-state index contributed by atoms with van der Waals surface area (Å²) in [6.07, 6.45) is -1.10. The van der Waals surface area contributed by atoms with Gasteiger partial charge in [0.1, 0.15) is 10.7 Å². The molecule has 33 heavy (non-hydrogen) atoms. The summed E-state index contributed by atoms with van der Waals surface area (Å²) in [6, 6.07) is 4.28. The minimum Gasteiger partial charge on any atom is -0.465 e. The number of anilines is 1. The first-order chi connectivity index (χ1) is 15.8. The Balaban J connectivity index is 1.52. The molecule has 0 atom stereocenters. The van der Waals surface area contributed by atoms with Gasteiger partial charge in [0.25, 0.3) is 0 Å². The van der Waals surface area contributed by atoms with E-state index in [0.29, 0.717) is 15.4 Å². The standard InChI is InChI=1S/C21H18F3N3O3S3/c1-30-19(29)17-11-5-2-3-6-13(11)33-18(17)27-16(28)10-32-20-25-12(14-7-4-8-31-14)9-15(26-20)21(22,23)24/h4,7-9H,2-3,5-6,10H2,1H3,(H,27,28). The molecule has 0 fully saturated rings. The number of aryl methyl sites for hydroxylation is 1. The van der Waals surface area contributed by atoms with Crippen LogP contribution < -0.4 is 5.32 Å². The number of aromatic nitrogens is 2. The molecule has 0 saturated heterocycles. The normalized spacial score (nSPS) is 13.5. The Labute approximate surface area is 199 Å². The zero-order chi connectivity index (χ0) is 23.6. The number of amides is 1. The van der Waals surface area contributed by atoms with Crippen LogP contribution in [0.2, 0.25) is 0 Å². The highest BCUT2D eigenvalue weighted by atomic mass is 32.2. The molecule has 0 radical (unpaired) electrons. The number of methoxy groups -OCH3 is 1. The van der Waals surface area contributed by atoms with Gasteiger partial charge in [-0.25, -0.2) is 14.8 Å². The van der Waals surface area contributed by atoms with E-state index < -0.39 is 23.7 Å². The van der Waals surface area contributed by atoms with Crippen molar-refractivity contribution in [1.29, 1.82) is 0 Å². The quantitative estimate of drug-likeness (QED) is 0.259. The first-order valence-corrected chi connectivity index (χ1v) is 12.6. The van der Waals surface area contributed by atoms with Gasteiger partial charge >= 0.3 is 12.1 Å². The van der Waals surface area contributed by atoms with Crippen LogP contribution >= 0.6 is 34.4 Å². The average Bonchev–Trinajstić information content (AvgIpc) is 3.44. The van der Waals surface area contributed by atoms with Crippen LogP contribution in [0.5, 0.6) is 0 Å². The molecule has 0 saturated carbocycles. The Kier molecular flexibility index (Phi) is 7.05. The topological polar surface area (TPSA) is 81.2 Å². The fourth-order valence-corrected chi connectivity index (χ4v) is 6.09. The van der Waals surface area contributed by atoms with Crippen LogP contribution in [0.4, 0.5) is 18.2 Å². The van der Waals surface area contributed by atoms with Crippen molar-refractivity contribution < 1.29 is 27.5 Å². The molecule has 12 heteroatoms. The van der Waals surface area contributed by atoms with Crippen molar-refractivity contribution in [1.82, 2.24) is 9.97 Å². The van der Waals surface area contributed by atoms with Crippen molar-refractivity contribution in [3.8, 4) is 10.6 Å². The Hall–Kier alpha value is -2.44. The lowest BCUT2D eigenvalue weighted by Gasteiger charge is -2.12. The summed E-state index contributed by atoms with van der Waals surface area (Å²) in [5, 5.41) is 4.72. The number of alkyl halides is 3. The van der Waals surface area contributed by atoms with Gasteiger partial charge in [-0.2, -0.15) is 13.2 Å². The third-order valence-corrected chi connectivity index (χ3v) is 7.86. The first-order valence-electron chi connectivity index (χ1n) is 9.92. The number of halogens is 3. The van der Waals surface area contributed by atoms with Crippen LogP contribution in [0.3, 0.4) is 0 Å². The summed E-state index contributed by atoms with van der Waals surface area (Å²) in [5.74, 6) is -1.20. The lowest BCUT2D eigenvalue weighted by molar-refractivity contribution is -0.141. The molecular formula is C21H18F3N3O3S3. The van der Waals surface area contributed by atoms with Gasteiger partial charge in [0.2, 0.25) is 5.91 Å². The third kappa shape index (κ3) is 5.39. The Morgan fingerprint density at radius 1 is 1.24 bits per heavy atom. The first kappa shape index (κ1) is 23.7. The number of nitrogens with zero attached hydrogens (tertiary/aromatic N) is 2. The van der Waals surface area contributed by atoms with Crippen molar-refractivity contribution in [3.05, 3.63) is 45.3 Å². The van der Waals surface area contributed by atoms with Crippen LogP contribution in [0.25, 0.3) is 10.6 Å². The van der Waals surface area contributed by atoms with Gasteiger partial charge in [-0.05, 0) is 48.8 Å². The van der Waals surface area contributed by atoms with Crippen molar-refractivity contribution in [2.75, 3.05) is 18.2 Å². The molecule has 3 aromatic heterocycles. The number of esters is 1. The molecule has 6 nitrogen and oxygen atoms in total. The molecule has 174 valence electrons. The summed E-state index contributed by atoms with van der Waals surface area (Å²) in [7, 11) is 1.28. The number of fused-ring (bicyclic) bond motifs is 1. The maximum absolute atomic E-state index is 13.3. The molecule has 0 unspecified atom stereocenters. The van der Waals surface area contributed by atoms with E-state index in [1.165, 1.54) is 29.8 Å². The highest BCUT2D eigenvalue weighted by molar-refractivity contribution is 7.99. The number of thiophene rings is 2. The molecule has 1 N–H and O–H groups in total. The van der Waals surface area contributed by atoms with E-state index in [4.69, 9.17) is 4.74 Å². The molecule has 1 aliphatic rings. The van der Waals surface area contributed by atoms with E-state index in [0.717, 1.165) is 54.0 Å². The molecule has 1 amide bonds. The van der Waals surface area contributed by atoms with Gasteiger partial charge in [-0.3, -0.25) is 4.79 Å². The van der Waals surface area contributed by atoms with Gasteiger partial charge < -0.3 is 10.1 Å². The molecule has 3 heterocycles. The number of ether oxygens (including phenoxy) is 1. The van der Waals surface area contributed by atoms with Crippen LogP contribution in [0, 0.1) is 0 Å². The maximum atomic E-state index is 13.3. The largest absolute Gasteiger partial charge is 0.465 e. The van der Waals surface area contributed by atoms with Crippen molar-refractivity contribution in [2.24, 2.45) is 0 Å². The second-order valence-electron chi connectivity index (χ2n) is 7.14. The van der Waals surface area contributed by atoms with Gasteiger partial charge in [-0.15, -0.1) is 22.7 Å². The molecule has 0 bridgehead atoms. The zero-order valence-corrected chi connectivity index (χ0v) is 19.8. The van der Waals surface area contributed by atoms with E-state index in [9.17, 15) is 22.8 Å². The lowest BCUT2D eigenvalue weighted by Crippen LogP contribution is -2.17. The van der Waals surface area contributed by atoms with Crippen molar-refractivity contribution >= 4 is 51.3 Å². The Bertz CT molecular complexity index is 1180. The second-order valence-corrected chi connectivity index (χ2v) is 10.1. The SMILES string of the molecule is COC(=O)c1c(NC(=O)CSc2nc(-c3cccs3)cc(C(F)(F)F)n2)sc2c1CCCC2. The molecule has 1 aliphatic carbocycles. The predicted molar refractivity (Wildman–Crippen MR) is 122 cm³/mol. The van der Waals surface area contributed by atoms with Crippen LogP contribution in [0.1, 0.15) is 39.3 Å². The Morgan fingerprint density at radius 2 is 2.03 bits per heavy atom. The van der Waals surface area contributed by atoms with Gasteiger partial charge in [0.15, 0.2) is 5.16 Å². The number of rotatable bonds is 6. The monoisotopic (exact) mass is 513 g/mol. The van der Waals surface area contributed by atoms with Crippen LogP contribution in [0.15, 0.2) is 28.7 Å². The Morgan fingerprint density at radius 3 is 2.73 bits per heavy atom. The van der Waals surface area contributed by atoms with E-state index >= 15 is 0 Å². The minimum atomic E-state index is -4.64. The summed E-state index contributed by atoms with van der Waals surface area (Å²) in [6.45, 7) is 0. The number of hydrogen-bond donors (Lipinski definition) is 1. The fraction of sp³-hybridized carbons (Fsp3) is 0.333. The number of hydrogen-bond acceptors (Lipinski definition) is 8. The number of thioether (sulfide) groups is 1. The maximum Gasteiger partial charge on any atom is 0.433 e. The number of carbonyl (C=O) groups is 2. The van der Waals surface area contributed by atoms with Crippen LogP contribution in [-0.2, 0) is 28.5 Å². The number of carbonyl (C=O) groups excluding carboxylic acids is 2. The van der Waals surface area contributed by atoms with Crippen molar-refractivity contribution in [2.45, 2.75) is 37.0 Å². The van der Waals surface area contributed by atoms with Gasteiger partial charge in [0, 0.05) is 4.88 Å². The van der Waals surface area contributed by atoms with E-state index in [1.807, 2.05) is 0 Å². The van der Waals surface area contributed by atoms with Crippen LogP contribution in [-0.4, -0.2) is 34.7 Å². The van der Waals surface area contributed by atoms with E-state index in [2.05, 4.69) is 15.3 Å². The second kappa shape index (κ2) is 9.82. The third-order valence-electron chi connectivity index (χ3n) is 4.92. The molecule has 4 rings (SSSR count). The minimum absolute atomic E-state index is 0.147. The van der Waals surface area contributed by atoms with Gasteiger partial charge in [-0.1, -0.05) is 17.8 Å². The molecular weight excluding hydrogens is 495 g/mol. The average molecular weight is 514 g/mol. The summed E-state index contributed by atoms with van der Waals surface area (Å²) in [4.78, 5) is 34.3. The molecule has 0 aromatic carbocycles. The molecule has 0 aliphatic heterocycles. The molecule has 3 aromatic rings. The number of nitrogens with one attached hydrogen (secondary N) is 1. The lowest BCUT2D eigenvalue weighted by atomic mass is 9.95. The van der Waals surface area contributed by atoms with E-state index in [1.54, 1.807) is 17.5 Å². The highest BCUT2D eigenvalue weighted by Gasteiger charge is 2.34. The highest BCUT2D eigenvalue weighted by Crippen LogP contribution is 2.39. The summed E-state index contributed by atoms with van der Waals surface area (Å²) < 4.78 is 44.9. The van der Waals surface area contributed by atoms with Crippen molar-refractivity contribution in [3.63, 3.8) is 0 Å². The zero-order valence-electron chi connectivity index (χ0n) is 17.3. The van der Waals surface area contributed by atoms with E-state index in [-0.39, 0.29) is 16.6 Å². The fourth-order valence-electron chi connectivity index (χ4n) is 3.45. The molecule has 0 spiro atoms.